The predicted molar refractivity (Wildman–Crippen MR) is 65.0 cm³/mol. The van der Waals surface area contributed by atoms with Crippen molar-refractivity contribution in [3.05, 3.63) is 0 Å². The molecule has 0 saturated carbocycles. The van der Waals surface area contributed by atoms with Crippen molar-refractivity contribution in [3.63, 3.8) is 0 Å². The summed E-state index contributed by atoms with van der Waals surface area (Å²) in [4.78, 5) is 35.3. The lowest BCUT2D eigenvalue weighted by molar-refractivity contribution is -0.126. The molecule has 0 radical (unpaired) electrons. The van der Waals surface area contributed by atoms with Gasteiger partial charge in [-0.2, -0.15) is 0 Å². The van der Waals surface area contributed by atoms with E-state index in [0.717, 1.165) is 6.42 Å². The van der Waals surface area contributed by atoms with Crippen molar-refractivity contribution in [2.45, 2.75) is 45.3 Å². The van der Waals surface area contributed by atoms with E-state index >= 15 is 0 Å². The molecule has 18 heavy (non-hydrogen) atoms. The van der Waals surface area contributed by atoms with Gasteiger partial charge in [-0.05, 0) is 33.6 Å². The Bertz CT molecular complexity index is 335. The van der Waals surface area contributed by atoms with E-state index in [2.05, 4.69) is 5.32 Å². The first-order chi connectivity index (χ1) is 8.35. The van der Waals surface area contributed by atoms with E-state index < -0.39 is 17.7 Å². The van der Waals surface area contributed by atoms with E-state index in [1.165, 1.54) is 4.90 Å². The first-order valence-electron chi connectivity index (χ1n) is 6.06. The van der Waals surface area contributed by atoms with Gasteiger partial charge in [-0.15, -0.1) is 0 Å². The molecule has 1 atom stereocenters. The normalized spacial score (nSPS) is 19.5. The van der Waals surface area contributed by atoms with E-state index in [9.17, 15) is 14.4 Å². The first kappa shape index (κ1) is 14.5. The van der Waals surface area contributed by atoms with Gasteiger partial charge in [0.05, 0.1) is 6.54 Å². The number of hydrogen-bond acceptors (Lipinski definition) is 4. The second-order valence-corrected chi connectivity index (χ2v) is 5.24. The zero-order valence-corrected chi connectivity index (χ0v) is 11.1. The van der Waals surface area contributed by atoms with Crippen molar-refractivity contribution < 1.29 is 19.1 Å². The third kappa shape index (κ3) is 4.01. The van der Waals surface area contributed by atoms with Crippen LogP contribution >= 0.6 is 0 Å². The third-order valence-corrected chi connectivity index (χ3v) is 2.54. The van der Waals surface area contributed by atoms with Gasteiger partial charge >= 0.3 is 6.09 Å². The van der Waals surface area contributed by atoms with Gasteiger partial charge < -0.3 is 14.8 Å². The van der Waals surface area contributed by atoms with Crippen molar-refractivity contribution in [1.29, 1.82) is 0 Å². The van der Waals surface area contributed by atoms with Crippen LogP contribution in [0.3, 0.4) is 0 Å². The van der Waals surface area contributed by atoms with Crippen LogP contribution in [0.15, 0.2) is 0 Å². The zero-order chi connectivity index (χ0) is 13.8. The monoisotopic (exact) mass is 256 g/mol. The Kier molecular flexibility index (Phi) is 4.69. The molecule has 1 aliphatic heterocycles. The fraction of sp³-hybridized carbons (Fsp3) is 0.750. The lowest BCUT2D eigenvalue weighted by atomic mass is 10.2. The number of rotatable bonds is 3. The molecule has 6 nitrogen and oxygen atoms in total. The average molecular weight is 256 g/mol. The summed E-state index contributed by atoms with van der Waals surface area (Å²) >= 11 is 0. The summed E-state index contributed by atoms with van der Waals surface area (Å²) in [5.74, 6) is -0.301. The van der Waals surface area contributed by atoms with Gasteiger partial charge in [0.25, 0.3) is 0 Å². The molecular weight excluding hydrogens is 236 g/mol. The molecule has 0 bridgehead atoms. The molecule has 1 aliphatic rings. The number of nitrogens with one attached hydrogen (secondary N) is 1. The van der Waals surface area contributed by atoms with Gasteiger partial charge in [0, 0.05) is 6.54 Å². The Balaban J connectivity index is 2.61. The van der Waals surface area contributed by atoms with Gasteiger partial charge in [-0.3, -0.25) is 9.69 Å². The van der Waals surface area contributed by atoms with Crippen LogP contribution < -0.4 is 5.32 Å². The van der Waals surface area contributed by atoms with Crippen molar-refractivity contribution in [2.75, 3.05) is 13.1 Å². The number of hydrogen-bond donors (Lipinski definition) is 1. The van der Waals surface area contributed by atoms with Crippen LogP contribution in [0.5, 0.6) is 0 Å². The Morgan fingerprint density at radius 2 is 2.11 bits per heavy atom. The fourth-order valence-corrected chi connectivity index (χ4v) is 1.84. The van der Waals surface area contributed by atoms with Crippen LogP contribution in [0, 0.1) is 0 Å². The maximum absolute atomic E-state index is 11.9. The van der Waals surface area contributed by atoms with E-state index in [0.29, 0.717) is 19.3 Å². The molecule has 6 heteroatoms. The summed E-state index contributed by atoms with van der Waals surface area (Å²) in [6.07, 6.45) is 1.50. The summed E-state index contributed by atoms with van der Waals surface area (Å²) in [5, 5.41) is 2.47. The van der Waals surface area contributed by atoms with Gasteiger partial charge in [0.15, 0.2) is 0 Å². The van der Waals surface area contributed by atoms with E-state index in [1.807, 2.05) is 0 Å². The molecule has 2 amide bonds. The maximum Gasteiger partial charge on any atom is 0.410 e. The minimum atomic E-state index is -0.580. The first-order valence-corrected chi connectivity index (χ1v) is 6.06. The Morgan fingerprint density at radius 1 is 1.44 bits per heavy atom. The predicted octanol–water partition coefficient (Wildman–Crippen LogP) is 0.701. The lowest BCUT2D eigenvalue weighted by Gasteiger charge is -2.27. The van der Waals surface area contributed by atoms with E-state index in [1.54, 1.807) is 20.8 Å². The molecular formula is C12H20N2O4. The van der Waals surface area contributed by atoms with Crippen molar-refractivity contribution in [1.82, 2.24) is 10.2 Å². The highest BCUT2D eigenvalue weighted by Crippen LogP contribution is 2.20. The number of carbonyl (C=O) groups excluding carboxylic acids is 3. The Morgan fingerprint density at radius 3 is 2.67 bits per heavy atom. The smallest absolute Gasteiger partial charge is 0.410 e. The van der Waals surface area contributed by atoms with Gasteiger partial charge in [-0.25, -0.2) is 4.79 Å². The number of amides is 2. The van der Waals surface area contributed by atoms with Crippen molar-refractivity contribution in [2.24, 2.45) is 0 Å². The molecule has 0 aromatic carbocycles. The SMILES string of the molecule is CC(C)(C)OC(=O)N1CCC[C@H]1C(=O)NCC=O. The molecule has 1 rings (SSSR count). The maximum atomic E-state index is 11.9. The Labute approximate surface area is 107 Å². The summed E-state index contributed by atoms with van der Waals surface area (Å²) < 4.78 is 5.24. The molecule has 0 aromatic heterocycles. The van der Waals surface area contributed by atoms with Gasteiger partial charge in [0.1, 0.15) is 17.9 Å². The average Bonchev–Trinajstić information content (AvgIpc) is 2.72. The van der Waals surface area contributed by atoms with Crippen molar-refractivity contribution >= 4 is 18.3 Å². The molecule has 1 heterocycles. The van der Waals surface area contributed by atoms with Crippen LogP contribution in [0.2, 0.25) is 0 Å². The minimum absolute atomic E-state index is 0.0303. The van der Waals surface area contributed by atoms with Crippen LogP contribution in [0.25, 0.3) is 0 Å². The van der Waals surface area contributed by atoms with Crippen LogP contribution in [0.4, 0.5) is 4.79 Å². The summed E-state index contributed by atoms with van der Waals surface area (Å²) in [6, 6.07) is -0.528. The Hall–Kier alpha value is -1.59. The van der Waals surface area contributed by atoms with Crippen LogP contribution in [-0.4, -0.2) is 47.9 Å². The largest absolute Gasteiger partial charge is 0.444 e. The highest BCUT2D eigenvalue weighted by molar-refractivity contribution is 5.87. The number of carbonyl (C=O) groups is 3. The number of nitrogens with zero attached hydrogens (tertiary/aromatic N) is 1. The minimum Gasteiger partial charge on any atom is -0.444 e. The summed E-state index contributed by atoms with van der Waals surface area (Å²) in [5.41, 5.74) is -0.580. The number of ether oxygens (including phenoxy) is 1. The van der Waals surface area contributed by atoms with E-state index in [-0.39, 0.29) is 12.5 Å². The number of aldehydes is 1. The van der Waals surface area contributed by atoms with Gasteiger partial charge in [-0.1, -0.05) is 0 Å². The summed E-state index contributed by atoms with van der Waals surface area (Å²) in [7, 11) is 0. The molecule has 0 aliphatic carbocycles. The molecule has 0 aromatic rings. The topological polar surface area (TPSA) is 75.7 Å². The number of likely N-dealkylation sites (tertiary alicyclic amines) is 1. The van der Waals surface area contributed by atoms with Crippen LogP contribution in [0.1, 0.15) is 33.6 Å². The second-order valence-electron chi connectivity index (χ2n) is 5.24. The molecule has 1 saturated heterocycles. The van der Waals surface area contributed by atoms with Gasteiger partial charge in [0.2, 0.25) is 5.91 Å². The van der Waals surface area contributed by atoms with E-state index in [4.69, 9.17) is 4.74 Å². The standard InChI is InChI=1S/C12H20N2O4/c1-12(2,3)18-11(17)14-7-4-5-9(14)10(16)13-6-8-15/h8-9H,4-7H2,1-3H3,(H,13,16)/t9-/m0/s1. The molecule has 102 valence electrons. The highest BCUT2D eigenvalue weighted by Gasteiger charge is 2.36. The summed E-state index contributed by atoms with van der Waals surface area (Å²) in [6.45, 7) is 5.82. The molecule has 1 N–H and O–H groups in total. The second kappa shape index (κ2) is 5.84. The van der Waals surface area contributed by atoms with Crippen LogP contribution in [-0.2, 0) is 14.3 Å². The third-order valence-electron chi connectivity index (χ3n) is 2.54. The quantitative estimate of drug-likeness (QED) is 0.754. The van der Waals surface area contributed by atoms with Crippen molar-refractivity contribution in [3.8, 4) is 0 Å². The highest BCUT2D eigenvalue weighted by atomic mass is 16.6. The molecule has 0 spiro atoms. The lowest BCUT2D eigenvalue weighted by Crippen LogP contribution is -2.47. The fourth-order valence-electron chi connectivity index (χ4n) is 1.84. The molecule has 0 unspecified atom stereocenters. The zero-order valence-electron chi connectivity index (χ0n) is 11.1. The molecule has 1 fully saturated rings.